The molecule has 23 heavy (non-hydrogen) atoms. The lowest BCUT2D eigenvalue weighted by atomic mass is 9.79. The molecule has 122 valence electrons. The van der Waals surface area contributed by atoms with Crippen LogP contribution in [0.4, 0.5) is 0 Å². The van der Waals surface area contributed by atoms with Crippen LogP contribution in [0.5, 0.6) is 0 Å². The van der Waals surface area contributed by atoms with Gasteiger partial charge in [-0.25, -0.2) is 4.98 Å². The Bertz CT molecular complexity index is 713. The smallest absolute Gasteiger partial charge is 0.261 e. The van der Waals surface area contributed by atoms with Crippen molar-refractivity contribution >= 4 is 28.6 Å². The quantitative estimate of drug-likeness (QED) is 0.926. The molecule has 2 bridgehead atoms. The molecular formula is C17H21N3OS2. The average Bonchev–Trinajstić information content (AvgIpc) is 3.20. The van der Waals surface area contributed by atoms with Crippen molar-refractivity contribution in [2.45, 2.75) is 38.8 Å². The molecule has 0 spiro atoms. The molecule has 0 radical (unpaired) electrons. The molecule has 0 unspecified atom stereocenters. The third-order valence-electron chi connectivity index (χ3n) is 5.14. The molecule has 0 saturated carbocycles. The molecule has 0 aliphatic carbocycles. The molecule has 1 N–H and O–H groups in total. The summed E-state index contributed by atoms with van der Waals surface area (Å²) >= 11 is 3.21. The highest BCUT2D eigenvalue weighted by molar-refractivity contribution is 7.22. The summed E-state index contributed by atoms with van der Waals surface area (Å²) in [7, 11) is 0. The molecule has 6 heteroatoms. The van der Waals surface area contributed by atoms with Crippen molar-refractivity contribution in [1.29, 1.82) is 0 Å². The van der Waals surface area contributed by atoms with Crippen LogP contribution in [0.25, 0.3) is 9.88 Å². The van der Waals surface area contributed by atoms with Gasteiger partial charge in [-0.1, -0.05) is 0 Å². The summed E-state index contributed by atoms with van der Waals surface area (Å²) in [5.41, 5.74) is 0. The topological polar surface area (TPSA) is 45.2 Å². The standard InChI is InChI=1S/C17H21N3OS2/c1-10-9-18-17(22-10)14-4-3-13(23-14)16(21)19-15-11(2)20-7-5-12(15)6-8-20/h3-4,9,11-12,15H,5-8H2,1-2H3,(H,19,21)/t11-,15-/m0/s1. The molecule has 3 aliphatic rings. The number of amides is 1. The zero-order valence-corrected chi connectivity index (χ0v) is 15.0. The summed E-state index contributed by atoms with van der Waals surface area (Å²) in [5.74, 6) is 0.708. The number of piperidine rings is 3. The van der Waals surface area contributed by atoms with E-state index in [1.807, 2.05) is 18.3 Å². The molecule has 0 aromatic carbocycles. The number of thiophene rings is 1. The van der Waals surface area contributed by atoms with Crippen LogP contribution < -0.4 is 5.32 Å². The van der Waals surface area contributed by atoms with Crippen molar-refractivity contribution < 1.29 is 4.79 Å². The molecule has 5 rings (SSSR count). The van der Waals surface area contributed by atoms with Gasteiger partial charge in [0.2, 0.25) is 0 Å². The number of rotatable bonds is 3. The predicted molar refractivity (Wildman–Crippen MR) is 95.2 cm³/mol. The zero-order valence-electron chi connectivity index (χ0n) is 13.4. The van der Waals surface area contributed by atoms with Gasteiger partial charge in [0.1, 0.15) is 5.01 Å². The van der Waals surface area contributed by atoms with Crippen LogP contribution in [0.3, 0.4) is 0 Å². The SMILES string of the molecule is Cc1cnc(-c2ccc(C(=O)N[C@@H]3C4CCN(CC4)[C@H]3C)s2)s1. The first-order chi connectivity index (χ1) is 11.1. The maximum atomic E-state index is 12.6. The lowest BCUT2D eigenvalue weighted by Gasteiger charge is -2.49. The second kappa shape index (κ2) is 6.00. The van der Waals surface area contributed by atoms with E-state index in [1.165, 1.54) is 42.1 Å². The van der Waals surface area contributed by atoms with Crippen molar-refractivity contribution in [3.63, 3.8) is 0 Å². The minimum atomic E-state index is 0.0696. The van der Waals surface area contributed by atoms with E-state index in [2.05, 4.69) is 29.0 Å². The molecular weight excluding hydrogens is 326 g/mol. The fourth-order valence-corrected chi connectivity index (χ4v) is 5.55. The predicted octanol–water partition coefficient (Wildman–Crippen LogP) is 3.39. The van der Waals surface area contributed by atoms with Crippen LogP contribution in [0.1, 0.15) is 34.3 Å². The maximum absolute atomic E-state index is 12.6. The number of hydrogen-bond donors (Lipinski definition) is 1. The van der Waals surface area contributed by atoms with Crippen LogP contribution in [-0.2, 0) is 0 Å². The summed E-state index contributed by atoms with van der Waals surface area (Å²) in [4.78, 5) is 22.6. The first-order valence-electron chi connectivity index (χ1n) is 8.19. The monoisotopic (exact) mass is 347 g/mol. The van der Waals surface area contributed by atoms with Gasteiger partial charge >= 0.3 is 0 Å². The number of nitrogens with one attached hydrogen (secondary N) is 1. The average molecular weight is 348 g/mol. The van der Waals surface area contributed by atoms with E-state index >= 15 is 0 Å². The number of thiazole rings is 1. The maximum Gasteiger partial charge on any atom is 0.261 e. The van der Waals surface area contributed by atoms with Gasteiger partial charge in [-0.2, -0.15) is 0 Å². The first kappa shape index (κ1) is 15.3. The minimum Gasteiger partial charge on any atom is -0.347 e. The third-order valence-corrected chi connectivity index (χ3v) is 7.30. The Morgan fingerprint density at radius 3 is 2.74 bits per heavy atom. The second-order valence-corrected chi connectivity index (χ2v) is 8.87. The Balaban J connectivity index is 1.48. The van der Waals surface area contributed by atoms with Gasteiger partial charge in [0.25, 0.3) is 5.91 Å². The summed E-state index contributed by atoms with van der Waals surface area (Å²) in [5, 5.41) is 4.30. The third kappa shape index (κ3) is 2.84. The fourth-order valence-electron chi connectivity index (χ4n) is 3.81. The van der Waals surface area contributed by atoms with Crippen LogP contribution in [0.2, 0.25) is 0 Å². The van der Waals surface area contributed by atoms with Crippen LogP contribution in [0.15, 0.2) is 18.3 Å². The summed E-state index contributed by atoms with van der Waals surface area (Å²) in [6.45, 7) is 6.67. The normalized spacial score (nSPS) is 29.7. The lowest BCUT2D eigenvalue weighted by molar-refractivity contribution is 0.0218. The Morgan fingerprint density at radius 2 is 2.09 bits per heavy atom. The van der Waals surface area contributed by atoms with Gasteiger partial charge in [-0.05, 0) is 57.8 Å². The van der Waals surface area contributed by atoms with Crippen LogP contribution >= 0.6 is 22.7 Å². The summed E-state index contributed by atoms with van der Waals surface area (Å²) < 4.78 is 0. The van der Waals surface area contributed by atoms with Crippen molar-refractivity contribution in [2.75, 3.05) is 13.1 Å². The van der Waals surface area contributed by atoms with E-state index in [0.717, 1.165) is 14.8 Å². The number of hydrogen-bond acceptors (Lipinski definition) is 5. The summed E-state index contributed by atoms with van der Waals surface area (Å²) in [6, 6.07) is 4.68. The van der Waals surface area contributed by atoms with E-state index < -0.39 is 0 Å². The Hall–Kier alpha value is -1.24. The number of carbonyl (C=O) groups is 1. The van der Waals surface area contributed by atoms with Crippen molar-refractivity contribution in [1.82, 2.24) is 15.2 Å². The Labute approximate surface area is 144 Å². The molecule has 3 aliphatic heterocycles. The zero-order chi connectivity index (χ0) is 16.0. The van der Waals surface area contributed by atoms with Crippen molar-refractivity contribution in [3.8, 4) is 9.88 Å². The number of carbonyl (C=O) groups excluding carboxylic acids is 1. The molecule has 4 nitrogen and oxygen atoms in total. The van der Waals surface area contributed by atoms with Gasteiger partial charge in [0.05, 0.1) is 9.75 Å². The summed E-state index contributed by atoms with van der Waals surface area (Å²) in [6.07, 6.45) is 4.31. The molecule has 3 saturated heterocycles. The highest BCUT2D eigenvalue weighted by Crippen LogP contribution is 2.34. The molecule has 3 fully saturated rings. The highest BCUT2D eigenvalue weighted by Gasteiger charge is 2.40. The van der Waals surface area contributed by atoms with E-state index in [4.69, 9.17) is 0 Å². The number of fused-ring (bicyclic) bond motifs is 3. The number of nitrogens with zero attached hydrogens (tertiary/aromatic N) is 2. The van der Waals surface area contributed by atoms with E-state index in [9.17, 15) is 4.79 Å². The number of aryl methyl sites for hydroxylation is 1. The Morgan fingerprint density at radius 1 is 1.30 bits per heavy atom. The largest absolute Gasteiger partial charge is 0.347 e. The minimum absolute atomic E-state index is 0.0696. The fraction of sp³-hybridized carbons (Fsp3) is 0.529. The first-order valence-corrected chi connectivity index (χ1v) is 9.82. The van der Waals surface area contributed by atoms with E-state index in [-0.39, 0.29) is 11.9 Å². The Kier molecular flexibility index (Phi) is 3.99. The van der Waals surface area contributed by atoms with Gasteiger partial charge in [0.15, 0.2) is 0 Å². The molecule has 1 amide bonds. The lowest BCUT2D eigenvalue weighted by Crippen LogP contribution is -2.62. The highest BCUT2D eigenvalue weighted by atomic mass is 32.1. The van der Waals surface area contributed by atoms with Gasteiger partial charge in [-0.15, -0.1) is 22.7 Å². The number of aromatic nitrogens is 1. The molecule has 2 aromatic heterocycles. The van der Waals surface area contributed by atoms with Gasteiger partial charge in [0, 0.05) is 23.2 Å². The van der Waals surface area contributed by atoms with Crippen molar-refractivity contribution in [3.05, 3.63) is 28.1 Å². The van der Waals surface area contributed by atoms with Gasteiger partial charge in [-0.3, -0.25) is 9.69 Å². The second-order valence-electron chi connectivity index (χ2n) is 6.55. The molecule has 5 heterocycles. The van der Waals surface area contributed by atoms with E-state index in [1.54, 1.807) is 11.3 Å². The molecule has 2 atom stereocenters. The molecule has 2 aromatic rings. The van der Waals surface area contributed by atoms with Gasteiger partial charge < -0.3 is 5.32 Å². The van der Waals surface area contributed by atoms with Crippen LogP contribution in [0, 0.1) is 12.8 Å². The van der Waals surface area contributed by atoms with Crippen LogP contribution in [-0.4, -0.2) is 41.0 Å². The van der Waals surface area contributed by atoms with E-state index in [0.29, 0.717) is 12.0 Å². The van der Waals surface area contributed by atoms with Crippen molar-refractivity contribution in [2.24, 2.45) is 5.92 Å².